The van der Waals surface area contributed by atoms with E-state index in [1.54, 1.807) is 18.2 Å². The van der Waals surface area contributed by atoms with Crippen LogP contribution < -0.4 is 5.32 Å². The van der Waals surface area contributed by atoms with Crippen molar-refractivity contribution in [1.29, 1.82) is 0 Å². The summed E-state index contributed by atoms with van der Waals surface area (Å²) in [5.74, 6) is 0.101. The molecule has 8 heteroatoms. The molecule has 0 aliphatic carbocycles. The van der Waals surface area contributed by atoms with Gasteiger partial charge in [0, 0.05) is 13.2 Å². The van der Waals surface area contributed by atoms with Crippen molar-refractivity contribution in [2.24, 2.45) is 0 Å². The Kier molecular flexibility index (Phi) is 5.24. The van der Waals surface area contributed by atoms with Crippen LogP contribution in [0.4, 0.5) is 4.39 Å². The largest absolute Gasteiger partial charge is 0.376 e. The molecular weight excluding hydrogens is 319 g/mol. The van der Waals surface area contributed by atoms with Crippen LogP contribution >= 0.6 is 11.8 Å². The van der Waals surface area contributed by atoms with E-state index in [0.29, 0.717) is 23.1 Å². The molecule has 2 N–H and O–H groups in total. The molecule has 6 nitrogen and oxygen atoms in total. The number of nitrogens with one attached hydrogen (secondary N) is 2. The SMILES string of the molecule is O=C(CSc1n[nH]c(-c2ccccc2F)n1)NC[C@@H]1CCCO1. The molecule has 1 atom stereocenters. The van der Waals surface area contributed by atoms with Gasteiger partial charge in [0.05, 0.1) is 17.4 Å². The molecule has 1 aliphatic rings. The Morgan fingerprint density at radius 1 is 1.48 bits per heavy atom. The topological polar surface area (TPSA) is 79.9 Å². The van der Waals surface area contributed by atoms with Crippen molar-refractivity contribution in [3.8, 4) is 11.4 Å². The first-order valence-electron chi connectivity index (χ1n) is 7.41. The first-order chi connectivity index (χ1) is 11.2. The average Bonchev–Trinajstić information content (AvgIpc) is 3.23. The number of hydrogen-bond acceptors (Lipinski definition) is 5. The van der Waals surface area contributed by atoms with Gasteiger partial charge in [0.1, 0.15) is 5.82 Å². The van der Waals surface area contributed by atoms with Gasteiger partial charge in [-0.3, -0.25) is 9.89 Å². The molecule has 1 fully saturated rings. The van der Waals surface area contributed by atoms with E-state index in [4.69, 9.17) is 4.74 Å². The van der Waals surface area contributed by atoms with E-state index in [2.05, 4.69) is 20.5 Å². The molecule has 23 heavy (non-hydrogen) atoms. The summed E-state index contributed by atoms with van der Waals surface area (Å²) in [6, 6.07) is 6.33. The molecule has 1 amide bonds. The number of hydrogen-bond donors (Lipinski definition) is 2. The van der Waals surface area contributed by atoms with E-state index in [1.165, 1.54) is 17.8 Å². The Bertz CT molecular complexity index is 673. The summed E-state index contributed by atoms with van der Waals surface area (Å²) in [4.78, 5) is 16.0. The first kappa shape index (κ1) is 15.9. The zero-order chi connectivity index (χ0) is 16.1. The zero-order valence-electron chi connectivity index (χ0n) is 12.4. The van der Waals surface area contributed by atoms with E-state index >= 15 is 0 Å². The predicted octanol–water partition coefficient (Wildman–Crippen LogP) is 2.00. The second kappa shape index (κ2) is 7.56. The van der Waals surface area contributed by atoms with Crippen LogP contribution in [-0.2, 0) is 9.53 Å². The third kappa shape index (κ3) is 4.29. The molecule has 0 spiro atoms. The van der Waals surface area contributed by atoms with Crippen molar-refractivity contribution < 1.29 is 13.9 Å². The van der Waals surface area contributed by atoms with Crippen LogP contribution in [0.15, 0.2) is 29.4 Å². The van der Waals surface area contributed by atoms with Crippen LogP contribution in [0.2, 0.25) is 0 Å². The molecular formula is C15H17FN4O2S. The van der Waals surface area contributed by atoms with Gasteiger partial charge in [-0.05, 0) is 25.0 Å². The summed E-state index contributed by atoms with van der Waals surface area (Å²) < 4.78 is 19.1. The number of aromatic amines is 1. The van der Waals surface area contributed by atoms with Crippen molar-refractivity contribution in [2.45, 2.75) is 24.1 Å². The Morgan fingerprint density at radius 2 is 2.35 bits per heavy atom. The summed E-state index contributed by atoms with van der Waals surface area (Å²) in [5, 5.41) is 9.93. The molecule has 0 saturated carbocycles. The lowest BCUT2D eigenvalue weighted by Gasteiger charge is -2.09. The molecule has 0 unspecified atom stereocenters. The van der Waals surface area contributed by atoms with Crippen LogP contribution in [0.25, 0.3) is 11.4 Å². The first-order valence-corrected chi connectivity index (χ1v) is 8.39. The van der Waals surface area contributed by atoms with Gasteiger partial charge in [-0.15, -0.1) is 5.10 Å². The van der Waals surface area contributed by atoms with Gasteiger partial charge >= 0.3 is 0 Å². The summed E-state index contributed by atoms with van der Waals surface area (Å²) in [7, 11) is 0. The van der Waals surface area contributed by atoms with Gasteiger partial charge in [-0.1, -0.05) is 23.9 Å². The van der Waals surface area contributed by atoms with Crippen molar-refractivity contribution in [3.63, 3.8) is 0 Å². The highest BCUT2D eigenvalue weighted by Gasteiger charge is 2.16. The Labute approximate surface area is 137 Å². The molecule has 0 bridgehead atoms. The molecule has 1 aromatic heterocycles. The standard InChI is InChI=1S/C15H17FN4O2S/c16-12-6-2-1-5-11(12)14-18-15(20-19-14)23-9-13(21)17-8-10-4-3-7-22-10/h1-2,5-6,10H,3-4,7-9H2,(H,17,21)(H,18,19,20)/t10-/m0/s1. The van der Waals surface area contributed by atoms with E-state index in [-0.39, 0.29) is 23.6 Å². The molecule has 1 aliphatic heterocycles. The molecule has 2 heterocycles. The van der Waals surface area contributed by atoms with Gasteiger partial charge in [-0.25, -0.2) is 9.37 Å². The number of nitrogens with zero attached hydrogens (tertiary/aromatic N) is 2. The number of carbonyl (C=O) groups excluding carboxylic acids is 1. The Morgan fingerprint density at radius 3 is 3.13 bits per heavy atom. The lowest BCUT2D eigenvalue weighted by atomic mass is 10.2. The highest BCUT2D eigenvalue weighted by atomic mass is 32.2. The molecule has 122 valence electrons. The van der Waals surface area contributed by atoms with Gasteiger partial charge in [0.25, 0.3) is 0 Å². The van der Waals surface area contributed by atoms with E-state index in [1.807, 2.05) is 0 Å². The number of carbonyl (C=O) groups is 1. The maximum atomic E-state index is 13.7. The Balaban J connectivity index is 1.49. The average molecular weight is 336 g/mol. The molecule has 3 rings (SSSR count). The third-order valence-corrected chi connectivity index (χ3v) is 4.32. The fourth-order valence-electron chi connectivity index (χ4n) is 2.30. The summed E-state index contributed by atoms with van der Waals surface area (Å²) in [6.07, 6.45) is 2.16. The number of H-pyrrole nitrogens is 1. The normalized spacial score (nSPS) is 17.3. The second-order valence-corrected chi connectivity index (χ2v) is 6.12. The van der Waals surface area contributed by atoms with Crippen LogP contribution in [0.5, 0.6) is 0 Å². The molecule has 1 aromatic carbocycles. The predicted molar refractivity (Wildman–Crippen MR) is 84.5 cm³/mol. The second-order valence-electron chi connectivity index (χ2n) is 5.17. The van der Waals surface area contributed by atoms with Gasteiger partial charge in [0.2, 0.25) is 11.1 Å². The van der Waals surface area contributed by atoms with Crippen LogP contribution in [0, 0.1) is 5.82 Å². The van der Waals surface area contributed by atoms with Gasteiger partial charge < -0.3 is 10.1 Å². The minimum atomic E-state index is -0.366. The van der Waals surface area contributed by atoms with Crippen LogP contribution in [0.3, 0.4) is 0 Å². The lowest BCUT2D eigenvalue weighted by Crippen LogP contribution is -2.32. The highest BCUT2D eigenvalue weighted by molar-refractivity contribution is 7.99. The summed E-state index contributed by atoms with van der Waals surface area (Å²) >= 11 is 1.20. The summed E-state index contributed by atoms with van der Waals surface area (Å²) in [6.45, 7) is 1.30. The highest BCUT2D eigenvalue weighted by Crippen LogP contribution is 2.21. The van der Waals surface area contributed by atoms with E-state index in [9.17, 15) is 9.18 Å². The van der Waals surface area contributed by atoms with E-state index in [0.717, 1.165) is 19.4 Å². The fraction of sp³-hybridized carbons (Fsp3) is 0.400. The Hall–Kier alpha value is -1.93. The number of ether oxygens (including phenoxy) is 1. The fourth-order valence-corrected chi connectivity index (χ4v) is 2.93. The van der Waals surface area contributed by atoms with Crippen LogP contribution in [0.1, 0.15) is 12.8 Å². The monoisotopic (exact) mass is 336 g/mol. The van der Waals surface area contributed by atoms with Gasteiger partial charge in [0.15, 0.2) is 5.82 Å². The number of rotatable bonds is 6. The quantitative estimate of drug-likeness (QED) is 0.789. The van der Waals surface area contributed by atoms with Crippen molar-refractivity contribution >= 4 is 17.7 Å². The number of amides is 1. The summed E-state index contributed by atoms with van der Waals surface area (Å²) in [5.41, 5.74) is 0.356. The molecule has 2 aromatic rings. The minimum Gasteiger partial charge on any atom is -0.376 e. The molecule has 1 saturated heterocycles. The van der Waals surface area contributed by atoms with Crippen molar-refractivity contribution in [2.75, 3.05) is 18.9 Å². The number of aromatic nitrogens is 3. The number of halogens is 1. The molecule has 0 radical (unpaired) electrons. The van der Waals surface area contributed by atoms with E-state index < -0.39 is 0 Å². The van der Waals surface area contributed by atoms with Crippen LogP contribution in [-0.4, -0.2) is 46.1 Å². The van der Waals surface area contributed by atoms with Crippen molar-refractivity contribution in [3.05, 3.63) is 30.1 Å². The smallest absolute Gasteiger partial charge is 0.230 e. The third-order valence-electron chi connectivity index (χ3n) is 3.48. The maximum Gasteiger partial charge on any atom is 0.230 e. The lowest BCUT2D eigenvalue weighted by molar-refractivity contribution is -0.119. The minimum absolute atomic E-state index is 0.0947. The maximum absolute atomic E-state index is 13.7. The number of thioether (sulfide) groups is 1. The van der Waals surface area contributed by atoms with Gasteiger partial charge in [-0.2, -0.15) is 0 Å². The number of benzene rings is 1. The zero-order valence-corrected chi connectivity index (χ0v) is 13.2. The van der Waals surface area contributed by atoms with Crippen molar-refractivity contribution in [1.82, 2.24) is 20.5 Å².